The Kier molecular flexibility index (Phi) is 13.2. The number of fused-ring (bicyclic) bond motifs is 1. The average Bonchev–Trinajstić information content (AvgIpc) is 3.18. The first kappa shape index (κ1) is 31.3. The molecule has 1 unspecified atom stereocenters. The van der Waals surface area contributed by atoms with Crippen molar-refractivity contribution in [2.24, 2.45) is 0 Å². The number of carboxylic acids is 1. The molecule has 2 aliphatic heterocycles. The molecule has 0 aromatic heterocycles. The minimum Gasteiger partial charge on any atom is -0.481 e. The maximum absolute atomic E-state index is 13.1. The van der Waals surface area contributed by atoms with E-state index in [1.807, 2.05) is 6.07 Å². The number of ether oxygens (including phenoxy) is 4. The molecule has 1 atom stereocenters. The molecule has 1 aromatic carbocycles. The molecule has 0 saturated carbocycles. The lowest BCUT2D eigenvalue weighted by Gasteiger charge is -2.27. The van der Waals surface area contributed by atoms with Crippen LogP contribution in [0.5, 0.6) is 0 Å². The van der Waals surface area contributed by atoms with Gasteiger partial charge in [-0.3, -0.25) is 34.2 Å². The lowest BCUT2D eigenvalue weighted by atomic mass is 9.98. The molecule has 2 heterocycles. The molecular weight excluding hydrogens is 524 g/mol. The second kappa shape index (κ2) is 16.8. The number of carbonyl (C=O) groups is 5. The maximum Gasteiger partial charge on any atom is 0.305 e. The quantitative estimate of drug-likeness (QED) is 0.177. The summed E-state index contributed by atoms with van der Waals surface area (Å²) >= 11 is 0. The lowest BCUT2D eigenvalue weighted by Crippen LogP contribution is -2.54. The van der Waals surface area contributed by atoms with Crippen LogP contribution in [0.1, 0.15) is 71.2 Å². The van der Waals surface area contributed by atoms with Gasteiger partial charge in [-0.2, -0.15) is 0 Å². The van der Waals surface area contributed by atoms with Crippen LogP contribution in [0.3, 0.4) is 0 Å². The molecule has 12 heteroatoms. The highest BCUT2D eigenvalue weighted by Gasteiger charge is 2.45. The molecule has 0 aliphatic carbocycles. The van der Waals surface area contributed by atoms with Gasteiger partial charge in [0.1, 0.15) is 6.04 Å². The monoisotopic (exact) mass is 562 g/mol. The van der Waals surface area contributed by atoms with E-state index in [1.165, 1.54) is 0 Å². The Morgan fingerprint density at radius 1 is 0.825 bits per heavy atom. The number of rotatable bonds is 20. The Morgan fingerprint density at radius 3 is 2.10 bits per heavy atom. The van der Waals surface area contributed by atoms with Gasteiger partial charge in [0.05, 0.1) is 63.8 Å². The van der Waals surface area contributed by atoms with Gasteiger partial charge in [-0.1, -0.05) is 25.0 Å². The molecule has 1 saturated heterocycles. The number of benzene rings is 1. The second-order valence-electron chi connectivity index (χ2n) is 9.54. The van der Waals surface area contributed by atoms with Crippen LogP contribution in [-0.2, 0) is 39.8 Å². The third kappa shape index (κ3) is 9.47. The summed E-state index contributed by atoms with van der Waals surface area (Å²) in [5.41, 5.74) is 1.49. The molecule has 0 bridgehead atoms. The minimum absolute atomic E-state index is 0.0155. The standard InChI is InChI=1S/C28H38N2O10/c31-23-10-9-22(26(34)29-23)30-27(35)21-8-5-7-20(25(21)28(30)36)6-3-1-2-4-12-37-14-16-39-18-19-40-17-15-38-13-11-24(32)33/h5,7-8,22H,1-4,6,9-19H2,(H,32,33)(H,29,31,34). The van der Waals surface area contributed by atoms with Crippen molar-refractivity contribution in [1.82, 2.24) is 10.2 Å². The molecule has 4 amide bonds. The first-order valence-corrected chi connectivity index (χ1v) is 13.8. The molecule has 0 spiro atoms. The van der Waals surface area contributed by atoms with Crippen LogP contribution in [0.25, 0.3) is 0 Å². The lowest BCUT2D eigenvalue weighted by molar-refractivity contribution is -0.138. The van der Waals surface area contributed by atoms with Gasteiger partial charge in [-0.05, 0) is 37.3 Å². The van der Waals surface area contributed by atoms with Gasteiger partial charge < -0.3 is 24.1 Å². The highest BCUT2D eigenvalue weighted by molar-refractivity contribution is 6.24. The molecule has 1 aromatic rings. The van der Waals surface area contributed by atoms with Crippen molar-refractivity contribution in [1.29, 1.82) is 0 Å². The first-order valence-electron chi connectivity index (χ1n) is 13.8. The fourth-order valence-electron chi connectivity index (χ4n) is 4.59. The van der Waals surface area contributed by atoms with Crippen LogP contribution in [-0.4, -0.2) is 98.5 Å². The van der Waals surface area contributed by atoms with Crippen LogP contribution in [0.4, 0.5) is 0 Å². The van der Waals surface area contributed by atoms with Crippen molar-refractivity contribution in [3.63, 3.8) is 0 Å². The number of hydrogen-bond acceptors (Lipinski definition) is 9. The number of piperidine rings is 1. The highest BCUT2D eigenvalue weighted by atomic mass is 16.6. The van der Waals surface area contributed by atoms with Crippen molar-refractivity contribution in [3.8, 4) is 0 Å². The van der Waals surface area contributed by atoms with Crippen LogP contribution in [0, 0.1) is 0 Å². The number of nitrogens with zero attached hydrogens (tertiary/aromatic N) is 1. The number of unbranched alkanes of at least 4 members (excludes halogenated alkanes) is 3. The number of amides is 4. The van der Waals surface area contributed by atoms with Crippen LogP contribution >= 0.6 is 0 Å². The van der Waals surface area contributed by atoms with E-state index in [0.717, 1.165) is 36.1 Å². The van der Waals surface area contributed by atoms with Crippen LogP contribution in [0.15, 0.2) is 18.2 Å². The molecule has 220 valence electrons. The van der Waals surface area contributed by atoms with Crippen molar-refractivity contribution >= 4 is 29.6 Å². The summed E-state index contributed by atoms with van der Waals surface area (Å²) in [7, 11) is 0. The SMILES string of the molecule is O=C(O)CCOCCOCCOCCOCCCCCCc1cccc2c1C(=O)N(C1CCC(=O)NC1=O)C2=O. The van der Waals surface area contributed by atoms with Gasteiger partial charge in [0.15, 0.2) is 0 Å². The number of imide groups is 2. The summed E-state index contributed by atoms with van der Waals surface area (Å²) in [6, 6.07) is 4.26. The van der Waals surface area contributed by atoms with Crippen molar-refractivity contribution in [2.75, 3.05) is 52.9 Å². The zero-order valence-corrected chi connectivity index (χ0v) is 22.7. The van der Waals surface area contributed by atoms with Crippen molar-refractivity contribution in [3.05, 3.63) is 34.9 Å². The van der Waals surface area contributed by atoms with E-state index in [1.54, 1.807) is 12.1 Å². The average molecular weight is 563 g/mol. The Hall–Kier alpha value is -3.19. The molecule has 2 aliphatic rings. The van der Waals surface area contributed by atoms with E-state index in [2.05, 4.69) is 5.32 Å². The molecular formula is C28H38N2O10. The summed E-state index contributed by atoms with van der Waals surface area (Å²) in [4.78, 5) is 61.1. The number of aryl methyl sites for hydroxylation is 1. The van der Waals surface area contributed by atoms with Crippen molar-refractivity contribution < 1.29 is 48.0 Å². The third-order valence-electron chi connectivity index (χ3n) is 6.62. The Bertz CT molecular complexity index is 1040. The van der Waals surface area contributed by atoms with E-state index in [0.29, 0.717) is 63.8 Å². The van der Waals surface area contributed by atoms with Gasteiger partial charge in [-0.15, -0.1) is 0 Å². The Balaban J connectivity index is 1.22. The smallest absolute Gasteiger partial charge is 0.305 e. The van der Waals surface area contributed by atoms with E-state index in [9.17, 15) is 24.0 Å². The topological polar surface area (TPSA) is 158 Å². The molecule has 0 radical (unpaired) electrons. The maximum atomic E-state index is 13.1. The zero-order chi connectivity index (χ0) is 28.7. The molecule has 2 N–H and O–H groups in total. The van der Waals surface area contributed by atoms with Crippen LogP contribution < -0.4 is 5.32 Å². The van der Waals surface area contributed by atoms with Crippen molar-refractivity contribution in [2.45, 2.75) is 57.4 Å². The number of carbonyl (C=O) groups excluding carboxylic acids is 4. The molecule has 12 nitrogen and oxygen atoms in total. The largest absolute Gasteiger partial charge is 0.481 e. The number of nitrogens with one attached hydrogen (secondary N) is 1. The van der Waals surface area contributed by atoms with Gasteiger partial charge in [-0.25, -0.2) is 0 Å². The first-order chi connectivity index (χ1) is 19.4. The Morgan fingerprint density at radius 2 is 1.45 bits per heavy atom. The summed E-state index contributed by atoms with van der Waals surface area (Å²) in [5.74, 6) is -2.83. The van der Waals surface area contributed by atoms with E-state index >= 15 is 0 Å². The molecule has 1 fully saturated rings. The van der Waals surface area contributed by atoms with E-state index in [-0.39, 0.29) is 25.9 Å². The summed E-state index contributed by atoms with van der Waals surface area (Å²) < 4.78 is 21.5. The van der Waals surface area contributed by atoms with E-state index < -0.39 is 35.6 Å². The van der Waals surface area contributed by atoms with Gasteiger partial charge in [0, 0.05) is 13.0 Å². The number of hydrogen-bond donors (Lipinski definition) is 2. The predicted octanol–water partition coefficient (Wildman–Crippen LogP) is 1.73. The number of carboxylic acid groups (broad SMARTS) is 1. The third-order valence-corrected chi connectivity index (χ3v) is 6.62. The predicted molar refractivity (Wildman–Crippen MR) is 141 cm³/mol. The minimum atomic E-state index is -0.958. The fraction of sp³-hybridized carbons (Fsp3) is 0.607. The highest BCUT2D eigenvalue weighted by Crippen LogP contribution is 2.30. The summed E-state index contributed by atoms with van der Waals surface area (Å²) in [5, 5.41) is 10.7. The van der Waals surface area contributed by atoms with Gasteiger partial charge in [0.25, 0.3) is 11.8 Å². The van der Waals surface area contributed by atoms with Crippen LogP contribution in [0.2, 0.25) is 0 Å². The normalized spacial score (nSPS) is 16.9. The second-order valence-corrected chi connectivity index (χ2v) is 9.54. The van der Waals surface area contributed by atoms with Gasteiger partial charge >= 0.3 is 5.97 Å². The summed E-state index contributed by atoms with van der Waals surface area (Å²) in [6.07, 6.45) is 4.53. The summed E-state index contributed by atoms with van der Waals surface area (Å²) in [6.45, 7) is 3.39. The molecule has 40 heavy (non-hydrogen) atoms. The van der Waals surface area contributed by atoms with Gasteiger partial charge in [0.2, 0.25) is 11.8 Å². The zero-order valence-electron chi connectivity index (χ0n) is 22.7. The van der Waals surface area contributed by atoms with E-state index in [4.69, 9.17) is 24.1 Å². The molecule has 3 rings (SSSR count). The number of aliphatic carboxylic acids is 1. The fourth-order valence-corrected chi connectivity index (χ4v) is 4.59. The Labute approximate surface area is 233 Å².